The van der Waals surface area contributed by atoms with Gasteiger partial charge in [-0.05, 0) is 89.1 Å². The summed E-state index contributed by atoms with van der Waals surface area (Å²) in [5.74, 6) is 0.983. The number of rotatable bonds is 10. The molecule has 0 amide bonds. The zero-order valence-electron chi connectivity index (χ0n) is 24.0. The number of piperazine rings is 1. The van der Waals surface area contributed by atoms with E-state index < -0.39 is 11.7 Å². The van der Waals surface area contributed by atoms with Crippen LogP contribution in [0.4, 0.5) is 13.2 Å². The zero-order chi connectivity index (χ0) is 29.9. The number of fused-ring (bicyclic) bond motifs is 2. The van der Waals surface area contributed by atoms with E-state index in [1.54, 1.807) is 0 Å². The lowest BCUT2D eigenvalue weighted by Gasteiger charge is -2.37. The minimum atomic E-state index is -4.39. The molecule has 2 unspecified atom stereocenters. The summed E-state index contributed by atoms with van der Waals surface area (Å²) in [4.78, 5) is 28.8. The molecule has 2 saturated heterocycles. The summed E-state index contributed by atoms with van der Waals surface area (Å²) in [6.07, 6.45) is -0.274. The van der Waals surface area contributed by atoms with Gasteiger partial charge in [-0.25, -0.2) is 0 Å². The molecule has 2 fully saturated rings. The first-order valence-electron chi connectivity index (χ1n) is 13.5. The number of likely N-dealkylation sites (tertiary alicyclic amines) is 2. The highest BCUT2D eigenvalue weighted by Crippen LogP contribution is 2.38. The Morgan fingerprint density at radius 1 is 1.12 bits per heavy atom. The number of pyridine rings is 1. The molecule has 3 N–H and O–H groups in total. The molecule has 0 saturated carbocycles. The molecule has 8 nitrogen and oxygen atoms in total. The number of carbonyl (C=O) groups is 2. The van der Waals surface area contributed by atoms with Crippen molar-refractivity contribution in [3.8, 4) is 5.75 Å². The highest BCUT2D eigenvalue weighted by atomic mass is 19.4. The molecule has 11 heteroatoms. The predicted molar refractivity (Wildman–Crippen MR) is 150 cm³/mol. The van der Waals surface area contributed by atoms with Gasteiger partial charge >= 0.3 is 6.18 Å². The van der Waals surface area contributed by atoms with Crippen LogP contribution in [0.2, 0.25) is 0 Å². The number of alkyl halides is 3. The van der Waals surface area contributed by atoms with Gasteiger partial charge in [-0.1, -0.05) is 6.07 Å². The van der Waals surface area contributed by atoms with Crippen molar-refractivity contribution in [3.63, 3.8) is 0 Å². The van der Waals surface area contributed by atoms with Crippen molar-refractivity contribution < 1.29 is 27.5 Å². The molecule has 3 atom stereocenters. The molecule has 0 spiro atoms. The number of aromatic nitrogens is 1. The number of ether oxygens (including phenoxy) is 1. The van der Waals surface area contributed by atoms with Crippen LogP contribution < -0.4 is 15.8 Å². The van der Waals surface area contributed by atoms with Gasteiger partial charge < -0.3 is 25.5 Å². The zero-order valence-corrected chi connectivity index (χ0v) is 24.0. The van der Waals surface area contributed by atoms with Gasteiger partial charge in [0.1, 0.15) is 17.7 Å². The summed E-state index contributed by atoms with van der Waals surface area (Å²) in [6.45, 7) is 11.0. The van der Waals surface area contributed by atoms with Crippen LogP contribution >= 0.6 is 0 Å². The maximum Gasteiger partial charge on any atom is 0.417 e. The van der Waals surface area contributed by atoms with Crippen LogP contribution in [-0.4, -0.2) is 86.3 Å². The number of hydrogen-bond acceptors (Lipinski definition) is 8. The highest BCUT2D eigenvalue weighted by Gasteiger charge is 2.43. The first-order chi connectivity index (χ1) is 19.1. The second-order valence-electron chi connectivity index (χ2n) is 9.92. The topological polar surface area (TPSA) is 101 Å². The molecule has 1 aromatic carbocycles. The number of carbonyl (C=O) groups excluding carboxylic acids is 2. The fraction of sp³-hybridized carbons (Fsp3) is 0.552. The molecular formula is C29H42F3N5O3. The van der Waals surface area contributed by atoms with Crippen molar-refractivity contribution in [2.75, 3.05) is 46.9 Å². The van der Waals surface area contributed by atoms with E-state index in [4.69, 9.17) is 4.74 Å². The summed E-state index contributed by atoms with van der Waals surface area (Å²) in [5, 5.41) is 3.06. The van der Waals surface area contributed by atoms with Gasteiger partial charge in [-0.15, -0.1) is 0 Å². The minimum absolute atomic E-state index is 0.0111. The van der Waals surface area contributed by atoms with Gasteiger partial charge in [0.05, 0.1) is 18.7 Å². The second-order valence-corrected chi connectivity index (χ2v) is 9.92. The number of likely N-dealkylation sites (N-methyl/N-ethyl adjacent to an activating group) is 1. The number of aldehydes is 2. The van der Waals surface area contributed by atoms with E-state index >= 15 is 0 Å². The molecule has 2 aromatic rings. The van der Waals surface area contributed by atoms with E-state index in [-0.39, 0.29) is 5.69 Å². The highest BCUT2D eigenvalue weighted by molar-refractivity contribution is 5.71. The maximum atomic E-state index is 11.9. The number of nitrogens with two attached hydrogens (primary N) is 1. The Balaban J connectivity index is 0.000000336. The molecule has 222 valence electrons. The van der Waals surface area contributed by atoms with E-state index in [2.05, 4.69) is 65.8 Å². The van der Waals surface area contributed by atoms with Crippen molar-refractivity contribution in [1.82, 2.24) is 20.1 Å². The van der Waals surface area contributed by atoms with E-state index in [1.165, 1.54) is 43.2 Å². The third-order valence-electron chi connectivity index (χ3n) is 7.50. The third-order valence-corrected chi connectivity index (χ3v) is 7.50. The Kier molecular flexibility index (Phi) is 13.2. The lowest BCUT2D eigenvalue weighted by Crippen LogP contribution is -2.45. The van der Waals surface area contributed by atoms with E-state index in [1.807, 2.05) is 0 Å². The Morgan fingerprint density at radius 2 is 1.85 bits per heavy atom. The second kappa shape index (κ2) is 15.8. The lowest BCUT2D eigenvalue weighted by molar-refractivity contribution is -0.137. The van der Waals surface area contributed by atoms with Crippen molar-refractivity contribution >= 4 is 12.6 Å². The predicted octanol–water partition coefficient (Wildman–Crippen LogP) is 3.80. The quantitative estimate of drug-likeness (QED) is 0.332. The van der Waals surface area contributed by atoms with E-state index in [0.717, 1.165) is 43.2 Å². The summed E-state index contributed by atoms with van der Waals surface area (Å²) in [6, 6.07) is 8.12. The van der Waals surface area contributed by atoms with Crippen LogP contribution in [0.5, 0.6) is 5.75 Å². The van der Waals surface area contributed by atoms with Crippen molar-refractivity contribution in [2.45, 2.75) is 57.9 Å². The average Bonchev–Trinajstić information content (AvgIpc) is 3.53. The summed E-state index contributed by atoms with van der Waals surface area (Å²) in [7, 11) is 3.75. The van der Waals surface area contributed by atoms with Crippen LogP contribution in [0.15, 0.2) is 30.5 Å². The van der Waals surface area contributed by atoms with Crippen LogP contribution in [0.25, 0.3) is 0 Å². The number of hydrogen-bond donors (Lipinski definition) is 2. The van der Waals surface area contributed by atoms with Gasteiger partial charge in [0.15, 0.2) is 6.29 Å². The number of benzene rings is 1. The lowest BCUT2D eigenvalue weighted by atomic mass is 9.96. The Hall–Kier alpha value is -2.86. The fourth-order valence-electron chi connectivity index (χ4n) is 5.16. The Morgan fingerprint density at radius 3 is 2.38 bits per heavy atom. The molecule has 2 bridgehead atoms. The van der Waals surface area contributed by atoms with Gasteiger partial charge in [-0.2, -0.15) is 13.2 Å². The molecule has 1 aromatic heterocycles. The van der Waals surface area contributed by atoms with Crippen LogP contribution in [0.1, 0.15) is 58.5 Å². The number of halogens is 3. The SMILES string of the molecule is CN.Cc1c(OCCCNCC=O)ccc([C@H](C)N2CC3CC2CN3C)c1C.O=Cc1ccc(C(F)(F)F)cn1. The largest absolute Gasteiger partial charge is 0.493 e. The summed E-state index contributed by atoms with van der Waals surface area (Å²) < 4.78 is 41.7. The molecule has 3 heterocycles. The molecular weight excluding hydrogens is 523 g/mol. The van der Waals surface area contributed by atoms with E-state index in [9.17, 15) is 22.8 Å². The van der Waals surface area contributed by atoms with Crippen molar-refractivity contribution in [2.24, 2.45) is 5.73 Å². The van der Waals surface area contributed by atoms with Crippen molar-refractivity contribution in [1.29, 1.82) is 0 Å². The molecule has 0 radical (unpaired) electrons. The summed E-state index contributed by atoms with van der Waals surface area (Å²) >= 11 is 0. The molecule has 40 heavy (non-hydrogen) atoms. The third kappa shape index (κ3) is 8.82. The molecule has 2 aliphatic heterocycles. The molecule has 2 aliphatic rings. The normalized spacial score (nSPS) is 19.2. The molecule has 4 rings (SSSR count). The minimum Gasteiger partial charge on any atom is -0.493 e. The smallest absolute Gasteiger partial charge is 0.417 e. The van der Waals surface area contributed by atoms with Crippen LogP contribution in [0, 0.1) is 13.8 Å². The van der Waals surface area contributed by atoms with Gasteiger partial charge in [0.25, 0.3) is 0 Å². The van der Waals surface area contributed by atoms with Crippen LogP contribution in [0.3, 0.4) is 0 Å². The standard InChI is InChI=1S/C21H33N3O2.C7H4F3NO.CH5N/c1-15-16(2)21(26-11-5-8-22-9-10-25)7-6-20(15)17(3)24-14-18-12-19(24)13-23(18)4;8-7(9,10)5-1-2-6(4-12)11-3-5;1-2/h6-7,10,17-19,22H,5,8-9,11-14H2,1-4H3;1-4H;2H2,1H3/t17-,18?,19?;;/m0../s1. The first kappa shape index (κ1) is 33.3. The van der Waals surface area contributed by atoms with Gasteiger partial charge in [0.2, 0.25) is 0 Å². The van der Waals surface area contributed by atoms with Crippen LogP contribution in [-0.2, 0) is 11.0 Å². The maximum absolute atomic E-state index is 11.9. The fourth-order valence-corrected chi connectivity index (χ4v) is 5.16. The Bertz CT molecular complexity index is 1080. The average molecular weight is 566 g/mol. The summed E-state index contributed by atoms with van der Waals surface area (Å²) in [5.41, 5.74) is 7.66. The van der Waals surface area contributed by atoms with E-state index in [0.29, 0.717) is 37.7 Å². The van der Waals surface area contributed by atoms with Gasteiger partial charge in [-0.3, -0.25) is 14.7 Å². The molecule has 0 aliphatic carbocycles. The monoisotopic (exact) mass is 565 g/mol. The number of nitrogens with one attached hydrogen (secondary N) is 1. The van der Waals surface area contributed by atoms with Crippen molar-refractivity contribution in [3.05, 3.63) is 58.4 Å². The van der Waals surface area contributed by atoms with Gasteiger partial charge in [0, 0.05) is 37.4 Å². The first-order valence-corrected chi connectivity index (χ1v) is 13.5. The number of nitrogens with zero attached hydrogens (tertiary/aromatic N) is 3. The Labute approximate surface area is 235 Å².